The van der Waals surface area contributed by atoms with Crippen LogP contribution >= 0.6 is 23.2 Å². The molecule has 1 N–H and O–H groups in total. The van der Waals surface area contributed by atoms with Gasteiger partial charge < -0.3 is 9.84 Å². The fraction of sp³-hybridized carbons (Fsp3) is 0.0714. The molecule has 2 aromatic carbocycles. The molecule has 0 aliphatic rings. The first-order valence-corrected chi connectivity index (χ1v) is 6.15. The van der Waals surface area contributed by atoms with Crippen molar-refractivity contribution < 1.29 is 14.6 Å². The molecule has 0 unspecified atom stereocenters. The average Bonchev–Trinajstić information content (AvgIpc) is 2.38. The molecule has 5 heteroatoms. The summed E-state index contributed by atoms with van der Waals surface area (Å²) in [7, 11) is 1.53. The van der Waals surface area contributed by atoms with E-state index < -0.39 is 5.97 Å². The minimum absolute atomic E-state index is 0.173. The first-order chi connectivity index (χ1) is 9.02. The van der Waals surface area contributed by atoms with E-state index in [1.807, 2.05) is 0 Å². The normalized spacial score (nSPS) is 10.3. The van der Waals surface area contributed by atoms with E-state index in [1.54, 1.807) is 24.3 Å². The molecule has 0 bridgehead atoms. The zero-order valence-corrected chi connectivity index (χ0v) is 11.5. The van der Waals surface area contributed by atoms with Crippen molar-refractivity contribution in [1.29, 1.82) is 0 Å². The molecule has 0 aliphatic heterocycles. The smallest absolute Gasteiger partial charge is 0.335 e. The van der Waals surface area contributed by atoms with Crippen LogP contribution in [0, 0.1) is 0 Å². The van der Waals surface area contributed by atoms with Crippen molar-refractivity contribution in [2.24, 2.45) is 0 Å². The van der Waals surface area contributed by atoms with Gasteiger partial charge in [0.15, 0.2) is 0 Å². The summed E-state index contributed by atoms with van der Waals surface area (Å²) in [6, 6.07) is 9.70. The minimum atomic E-state index is -1.00. The van der Waals surface area contributed by atoms with Gasteiger partial charge in [0.1, 0.15) is 5.75 Å². The van der Waals surface area contributed by atoms with Gasteiger partial charge in [-0.25, -0.2) is 4.79 Å². The van der Waals surface area contributed by atoms with Crippen molar-refractivity contribution in [3.63, 3.8) is 0 Å². The third-order valence-electron chi connectivity index (χ3n) is 2.68. The summed E-state index contributed by atoms with van der Waals surface area (Å²) in [5.41, 5.74) is 1.52. The molecule has 98 valence electrons. The Morgan fingerprint density at radius 2 is 1.84 bits per heavy atom. The molecule has 3 nitrogen and oxygen atoms in total. The van der Waals surface area contributed by atoms with E-state index in [2.05, 4.69) is 0 Å². The Morgan fingerprint density at radius 3 is 2.42 bits per heavy atom. The number of carboxylic acid groups (broad SMARTS) is 1. The number of methoxy groups -OCH3 is 1. The van der Waals surface area contributed by atoms with Crippen LogP contribution in [-0.2, 0) is 0 Å². The van der Waals surface area contributed by atoms with E-state index in [0.29, 0.717) is 21.4 Å². The zero-order chi connectivity index (χ0) is 14.0. The lowest BCUT2D eigenvalue weighted by Crippen LogP contribution is -1.96. The second-order valence-corrected chi connectivity index (χ2v) is 4.66. The fourth-order valence-corrected chi connectivity index (χ4v) is 2.20. The number of hydrogen-bond acceptors (Lipinski definition) is 2. The molecule has 0 fully saturated rings. The predicted octanol–water partition coefficient (Wildman–Crippen LogP) is 4.37. The highest BCUT2D eigenvalue weighted by molar-refractivity contribution is 6.34. The Labute approximate surface area is 120 Å². The van der Waals surface area contributed by atoms with E-state index >= 15 is 0 Å². The number of ether oxygens (including phenoxy) is 1. The maximum Gasteiger partial charge on any atom is 0.335 e. The van der Waals surface area contributed by atoms with Gasteiger partial charge in [0.05, 0.1) is 17.7 Å². The highest BCUT2D eigenvalue weighted by Crippen LogP contribution is 2.34. The number of halogens is 2. The number of rotatable bonds is 3. The van der Waals surface area contributed by atoms with Gasteiger partial charge in [0.2, 0.25) is 0 Å². The quantitative estimate of drug-likeness (QED) is 0.915. The molecule has 0 heterocycles. The second kappa shape index (κ2) is 5.51. The van der Waals surface area contributed by atoms with Gasteiger partial charge in [-0.1, -0.05) is 29.3 Å². The highest BCUT2D eigenvalue weighted by atomic mass is 35.5. The summed E-state index contributed by atoms with van der Waals surface area (Å²) in [5.74, 6) is -0.451. The fourth-order valence-electron chi connectivity index (χ4n) is 1.71. The van der Waals surface area contributed by atoms with Crippen molar-refractivity contribution in [1.82, 2.24) is 0 Å². The SMILES string of the molecule is COc1ccc(-c2cc(C(=O)O)ccc2Cl)cc1Cl. The highest BCUT2D eigenvalue weighted by Gasteiger charge is 2.10. The summed E-state index contributed by atoms with van der Waals surface area (Å²) < 4.78 is 5.07. The van der Waals surface area contributed by atoms with E-state index in [4.69, 9.17) is 33.0 Å². The van der Waals surface area contributed by atoms with Crippen LogP contribution in [0.4, 0.5) is 0 Å². The van der Waals surface area contributed by atoms with E-state index in [-0.39, 0.29) is 5.56 Å². The van der Waals surface area contributed by atoms with Crippen molar-refractivity contribution in [3.05, 3.63) is 52.0 Å². The number of aromatic carboxylic acids is 1. The Balaban J connectivity index is 2.54. The Bertz CT molecular complexity index is 639. The molecule has 0 atom stereocenters. The van der Waals surface area contributed by atoms with E-state index in [9.17, 15) is 4.79 Å². The molecule has 2 aromatic rings. The molecule has 0 spiro atoms. The van der Waals surface area contributed by atoms with Gasteiger partial charge in [0, 0.05) is 10.6 Å². The summed E-state index contributed by atoms with van der Waals surface area (Å²) in [6.07, 6.45) is 0. The first-order valence-electron chi connectivity index (χ1n) is 5.39. The van der Waals surface area contributed by atoms with Crippen molar-refractivity contribution in [3.8, 4) is 16.9 Å². The number of hydrogen-bond donors (Lipinski definition) is 1. The number of benzene rings is 2. The van der Waals surface area contributed by atoms with Crippen molar-refractivity contribution in [2.45, 2.75) is 0 Å². The summed E-state index contributed by atoms with van der Waals surface area (Å²) in [4.78, 5) is 11.0. The van der Waals surface area contributed by atoms with Gasteiger partial charge >= 0.3 is 5.97 Å². The Morgan fingerprint density at radius 1 is 1.11 bits per heavy atom. The van der Waals surface area contributed by atoms with Crippen LogP contribution in [0.15, 0.2) is 36.4 Å². The number of carboxylic acids is 1. The molecule has 0 radical (unpaired) electrons. The van der Waals surface area contributed by atoms with Crippen LogP contribution in [0.3, 0.4) is 0 Å². The molecular weight excluding hydrogens is 287 g/mol. The standard InChI is InChI=1S/C14H10Cl2O3/c1-19-13-5-3-8(7-12(13)16)10-6-9(14(17)18)2-4-11(10)15/h2-7H,1H3,(H,17,18). The zero-order valence-electron chi connectivity index (χ0n) is 9.98. The number of carbonyl (C=O) groups is 1. The predicted molar refractivity (Wildman–Crippen MR) is 75.4 cm³/mol. The summed E-state index contributed by atoms with van der Waals surface area (Å²) >= 11 is 12.1. The van der Waals surface area contributed by atoms with E-state index in [1.165, 1.54) is 19.2 Å². The lowest BCUT2D eigenvalue weighted by molar-refractivity contribution is 0.0697. The van der Waals surface area contributed by atoms with Gasteiger partial charge in [-0.15, -0.1) is 0 Å². The minimum Gasteiger partial charge on any atom is -0.495 e. The molecule has 0 saturated carbocycles. The largest absolute Gasteiger partial charge is 0.495 e. The molecule has 0 saturated heterocycles. The maximum absolute atomic E-state index is 11.0. The molecule has 0 amide bonds. The summed E-state index contributed by atoms with van der Waals surface area (Å²) in [6.45, 7) is 0. The van der Waals surface area contributed by atoms with Crippen LogP contribution in [0.1, 0.15) is 10.4 Å². The van der Waals surface area contributed by atoms with Crippen LogP contribution < -0.4 is 4.74 Å². The lowest BCUT2D eigenvalue weighted by atomic mass is 10.0. The monoisotopic (exact) mass is 296 g/mol. The van der Waals surface area contributed by atoms with Crippen LogP contribution in [0.25, 0.3) is 11.1 Å². The van der Waals surface area contributed by atoms with Gasteiger partial charge in [0.25, 0.3) is 0 Å². The van der Waals surface area contributed by atoms with Crippen LogP contribution in [-0.4, -0.2) is 18.2 Å². The second-order valence-electron chi connectivity index (χ2n) is 3.85. The maximum atomic E-state index is 11.0. The molecule has 0 aliphatic carbocycles. The van der Waals surface area contributed by atoms with Gasteiger partial charge in [-0.2, -0.15) is 0 Å². The van der Waals surface area contributed by atoms with Gasteiger partial charge in [-0.3, -0.25) is 0 Å². The topological polar surface area (TPSA) is 46.5 Å². The molecular formula is C14H10Cl2O3. The molecule has 2 rings (SSSR count). The van der Waals surface area contributed by atoms with Crippen molar-refractivity contribution >= 4 is 29.2 Å². The van der Waals surface area contributed by atoms with Crippen molar-refractivity contribution in [2.75, 3.05) is 7.11 Å². The Hall–Kier alpha value is -1.71. The van der Waals surface area contributed by atoms with E-state index in [0.717, 1.165) is 5.56 Å². The average molecular weight is 297 g/mol. The third kappa shape index (κ3) is 2.83. The lowest BCUT2D eigenvalue weighted by Gasteiger charge is -2.09. The van der Waals surface area contributed by atoms with Crippen LogP contribution in [0.2, 0.25) is 10.0 Å². The summed E-state index contributed by atoms with van der Waals surface area (Å²) in [5, 5.41) is 9.90. The van der Waals surface area contributed by atoms with Gasteiger partial charge in [-0.05, 0) is 35.9 Å². The third-order valence-corrected chi connectivity index (χ3v) is 3.30. The molecule has 0 aromatic heterocycles. The Kier molecular flexibility index (Phi) is 3.98. The van der Waals surface area contributed by atoms with Crippen LogP contribution in [0.5, 0.6) is 5.75 Å². The molecule has 19 heavy (non-hydrogen) atoms. The first kappa shape index (κ1) is 13.7.